The fourth-order valence-electron chi connectivity index (χ4n) is 2.65. The molecule has 1 aromatic heterocycles. The first kappa shape index (κ1) is 13.8. The number of fused-ring (bicyclic) bond motifs is 1. The van der Waals surface area contributed by atoms with Gasteiger partial charge in [-0.3, -0.25) is 4.98 Å². The lowest BCUT2D eigenvalue weighted by Crippen LogP contribution is -2.02. The van der Waals surface area contributed by atoms with Crippen LogP contribution in [-0.2, 0) is 0 Å². The van der Waals surface area contributed by atoms with Crippen LogP contribution in [0.2, 0.25) is 0 Å². The van der Waals surface area contributed by atoms with Crippen molar-refractivity contribution in [2.75, 3.05) is 0 Å². The summed E-state index contributed by atoms with van der Waals surface area (Å²) in [5.41, 5.74) is 6.11. The van der Waals surface area contributed by atoms with Crippen molar-refractivity contribution in [1.29, 1.82) is 0 Å². The number of rotatable bonds is 2. The van der Waals surface area contributed by atoms with Crippen molar-refractivity contribution in [2.24, 2.45) is 0 Å². The maximum Gasteiger partial charge on any atom is 0.104 e. The second kappa shape index (κ2) is 5.30. The van der Waals surface area contributed by atoms with Gasteiger partial charge in [0.1, 0.15) is 6.10 Å². The topological polar surface area (TPSA) is 33.1 Å². The first-order valence-electron chi connectivity index (χ1n) is 7.17. The Hall–Kier alpha value is -2.19. The largest absolute Gasteiger partial charge is 0.384 e. The van der Waals surface area contributed by atoms with E-state index in [1.54, 1.807) is 0 Å². The lowest BCUT2D eigenvalue weighted by Gasteiger charge is -2.15. The van der Waals surface area contributed by atoms with Gasteiger partial charge in [-0.15, -0.1) is 0 Å². The zero-order chi connectivity index (χ0) is 15.0. The Labute approximate surface area is 125 Å². The normalized spacial score (nSPS) is 12.6. The lowest BCUT2D eigenvalue weighted by molar-refractivity contribution is 0.219. The predicted molar refractivity (Wildman–Crippen MR) is 86.5 cm³/mol. The molecule has 0 aliphatic heterocycles. The molecule has 21 heavy (non-hydrogen) atoms. The number of aliphatic hydroxyl groups is 1. The Balaban J connectivity index is 2.07. The number of aliphatic hydroxyl groups excluding tert-OH is 1. The summed E-state index contributed by atoms with van der Waals surface area (Å²) < 4.78 is 0. The van der Waals surface area contributed by atoms with Gasteiger partial charge in [0, 0.05) is 11.1 Å². The van der Waals surface area contributed by atoms with E-state index in [1.807, 2.05) is 45.0 Å². The average Bonchev–Trinajstić information content (AvgIpc) is 2.48. The van der Waals surface area contributed by atoms with E-state index in [9.17, 15) is 5.11 Å². The highest BCUT2D eigenvalue weighted by molar-refractivity contribution is 5.79. The predicted octanol–water partition coefficient (Wildman–Crippen LogP) is 4.24. The van der Waals surface area contributed by atoms with E-state index in [1.165, 1.54) is 0 Å². The number of aromatic nitrogens is 1. The van der Waals surface area contributed by atoms with Crippen molar-refractivity contribution in [2.45, 2.75) is 26.9 Å². The maximum absolute atomic E-state index is 10.7. The van der Waals surface area contributed by atoms with Gasteiger partial charge in [0.15, 0.2) is 0 Å². The van der Waals surface area contributed by atoms with Gasteiger partial charge in [0.2, 0.25) is 0 Å². The fraction of sp³-hybridized carbons (Fsp3) is 0.211. The number of aryl methyl sites for hydroxylation is 3. The van der Waals surface area contributed by atoms with Crippen LogP contribution < -0.4 is 0 Å². The van der Waals surface area contributed by atoms with Crippen LogP contribution in [0.4, 0.5) is 0 Å². The van der Waals surface area contributed by atoms with Gasteiger partial charge in [-0.1, -0.05) is 35.9 Å². The van der Waals surface area contributed by atoms with E-state index in [0.717, 1.165) is 38.9 Å². The zero-order valence-electron chi connectivity index (χ0n) is 12.6. The third-order valence-electron chi connectivity index (χ3n) is 3.90. The number of hydrogen-bond donors (Lipinski definition) is 1. The first-order valence-corrected chi connectivity index (χ1v) is 7.17. The average molecular weight is 277 g/mol. The summed E-state index contributed by atoms with van der Waals surface area (Å²) >= 11 is 0. The number of benzene rings is 2. The van der Waals surface area contributed by atoms with Gasteiger partial charge < -0.3 is 5.11 Å². The minimum atomic E-state index is -0.601. The van der Waals surface area contributed by atoms with Crippen molar-refractivity contribution >= 4 is 10.9 Å². The molecule has 3 rings (SSSR count). The van der Waals surface area contributed by atoms with Crippen LogP contribution in [0, 0.1) is 20.8 Å². The molecule has 1 N–H and O–H groups in total. The Kier molecular flexibility index (Phi) is 3.48. The van der Waals surface area contributed by atoms with Gasteiger partial charge in [-0.05, 0) is 55.7 Å². The minimum absolute atomic E-state index is 0.601. The Morgan fingerprint density at radius 1 is 0.905 bits per heavy atom. The van der Waals surface area contributed by atoms with Crippen molar-refractivity contribution in [3.05, 3.63) is 76.5 Å². The third-order valence-corrected chi connectivity index (χ3v) is 3.90. The highest BCUT2D eigenvalue weighted by Gasteiger charge is 2.13. The van der Waals surface area contributed by atoms with E-state index < -0.39 is 6.10 Å². The van der Waals surface area contributed by atoms with E-state index in [-0.39, 0.29) is 0 Å². The monoisotopic (exact) mass is 277 g/mol. The van der Waals surface area contributed by atoms with Crippen LogP contribution in [0.3, 0.4) is 0 Å². The van der Waals surface area contributed by atoms with E-state index in [4.69, 9.17) is 0 Å². The quantitative estimate of drug-likeness (QED) is 0.760. The van der Waals surface area contributed by atoms with Crippen LogP contribution in [0.5, 0.6) is 0 Å². The van der Waals surface area contributed by atoms with Crippen molar-refractivity contribution in [1.82, 2.24) is 4.98 Å². The zero-order valence-corrected chi connectivity index (χ0v) is 12.6. The summed E-state index contributed by atoms with van der Waals surface area (Å²) in [6.45, 7) is 6.06. The van der Waals surface area contributed by atoms with Gasteiger partial charge in [0.25, 0.3) is 0 Å². The second-order valence-corrected chi connectivity index (χ2v) is 5.67. The molecule has 0 bridgehead atoms. The van der Waals surface area contributed by atoms with Crippen LogP contribution in [-0.4, -0.2) is 10.1 Å². The Morgan fingerprint density at radius 3 is 2.52 bits per heavy atom. The van der Waals surface area contributed by atoms with Crippen LogP contribution in [0.1, 0.15) is 34.1 Å². The number of nitrogens with zero attached hydrogens (tertiary/aromatic N) is 1. The first-order chi connectivity index (χ1) is 10.0. The highest BCUT2D eigenvalue weighted by Crippen LogP contribution is 2.27. The molecule has 3 aromatic rings. The van der Waals surface area contributed by atoms with Crippen LogP contribution in [0.25, 0.3) is 10.9 Å². The SMILES string of the molecule is Cc1ccc(C)c(C(O)c2ccc3nc(C)ccc3c2)c1. The molecule has 0 radical (unpaired) electrons. The molecule has 1 atom stereocenters. The van der Waals surface area contributed by atoms with E-state index >= 15 is 0 Å². The third kappa shape index (κ3) is 2.67. The molecule has 0 saturated carbocycles. The molecule has 2 aromatic carbocycles. The van der Waals surface area contributed by atoms with E-state index in [0.29, 0.717) is 0 Å². The molecular formula is C19H19NO. The lowest BCUT2D eigenvalue weighted by atomic mass is 9.95. The Morgan fingerprint density at radius 2 is 1.71 bits per heavy atom. The molecule has 1 heterocycles. The van der Waals surface area contributed by atoms with Gasteiger partial charge in [-0.25, -0.2) is 0 Å². The van der Waals surface area contributed by atoms with Crippen LogP contribution >= 0.6 is 0 Å². The highest BCUT2D eigenvalue weighted by atomic mass is 16.3. The molecule has 0 saturated heterocycles. The Bertz CT molecular complexity index is 808. The summed E-state index contributed by atoms with van der Waals surface area (Å²) in [4.78, 5) is 4.50. The van der Waals surface area contributed by atoms with Crippen molar-refractivity contribution in [3.8, 4) is 0 Å². The van der Waals surface area contributed by atoms with Crippen LogP contribution in [0.15, 0.2) is 48.5 Å². The summed E-state index contributed by atoms with van der Waals surface area (Å²) in [7, 11) is 0. The fourth-order valence-corrected chi connectivity index (χ4v) is 2.65. The maximum atomic E-state index is 10.7. The minimum Gasteiger partial charge on any atom is -0.384 e. The molecule has 106 valence electrons. The van der Waals surface area contributed by atoms with Crippen molar-refractivity contribution < 1.29 is 5.11 Å². The van der Waals surface area contributed by atoms with Gasteiger partial charge in [0.05, 0.1) is 5.52 Å². The summed E-state index contributed by atoms with van der Waals surface area (Å²) in [5, 5.41) is 11.7. The van der Waals surface area contributed by atoms with Gasteiger partial charge in [-0.2, -0.15) is 0 Å². The molecule has 2 heteroatoms. The second-order valence-electron chi connectivity index (χ2n) is 5.67. The summed E-state index contributed by atoms with van der Waals surface area (Å²) in [5.74, 6) is 0. The standard InChI is InChI=1S/C19H19NO/c1-12-4-5-13(2)17(10-12)19(21)16-8-9-18-15(11-16)7-6-14(3)20-18/h4-11,19,21H,1-3H3. The molecular weight excluding hydrogens is 258 g/mol. The molecule has 0 amide bonds. The summed E-state index contributed by atoms with van der Waals surface area (Å²) in [6, 6.07) is 16.2. The summed E-state index contributed by atoms with van der Waals surface area (Å²) in [6.07, 6.45) is -0.601. The van der Waals surface area contributed by atoms with E-state index in [2.05, 4.69) is 29.2 Å². The van der Waals surface area contributed by atoms with Gasteiger partial charge >= 0.3 is 0 Å². The molecule has 2 nitrogen and oxygen atoms in total. The number of pyridine rings is 1. The smallest absolute Gasteiger partial charge is 0.104 e. The molecule has 0 spiro atoms. The van der Waals surface area contributed by atoms with Crippen molar-refractivity contribution in [3.63, 3.8) is 0 Å². The molecule has 0 aliphatic rings. The molecule has 1 unspecified atom stereocenters. The molecule has 0 aliphatic carbocycles. The number of hydrogen-bond acceptors (Lipinski definition) is 2. The molecule has 0 fully saturated rings.